The average molecular weight is 451 g/mol. The van der Waals surface area contributed by atoms with Crippen LogP contribution in [0.3, 0.4) is 0 Å². The highest BCUT2D eigenvalue weighted by Crippen LogP contribution is 2.42. The summed E-state index contributed by atoms with van der Waals surface area (Å²) in [6.45, 7) is 23.2. The molecule has 0 amide bonds. The van der Waals surface area contributed by atoms with Gasteiger partial charge in [-0.25, -0.2) is 4.99 Å². The summed E-state index contributed by atoms with van der Waals surface area (Å²) in [5, 5.41) is 0. The van der Waals surface area contributed by atoms with Crippen LogP contribution in [0.4, 0.5) is 0 Å². The highest BCUT2D eigenvalue weighted by Gasteiger charge is 2.36. The van der Waals surface area contributed by atoms with Gasteiger partial charge in [0, 0.05) is 11.3 Å². The molecule has 1 atom stereocenters. The molecule has 0 saturated heterocycles. The molecule has 34 heavy (non-hydrogen) atoms. The van der Waals surface area contributed by atoms with Gasteiger partial charge < -0.3 is 4.90 Å². The minimum Gasteiger partial charge on any atom is -0.319 e. The van der Waals surface area contributed by atoms with Crippen LogP contribution in [0.25, 0.3) is 0 Å². The van der Waals surface area contributed by atoms with Crippen molar-refractivity contribution in [2.45, 2.75) is 59.9 Å². The number of hydrogen-bond acceptors (Lipinski definition) is 2. The molecule has 3 aliphatic rings. The molecule has 2 nitrogen and oxygen atoms in total. The zero-order valence-electron chi connectivity index (χ0n) is 21.5. The Morgan fingerprint density at radius 1 is 1.09 bits per heavy atom. The first-order valence-electron chi connectivity index (χ1n) is 12.1. The minimum absolute atomic E-state index is 0.0556. The quantitative estimate of drug-likeness (QED) is 0.354. The molecule has 3 rings (SSSR count). The molecule has 0 aromatic heterocycles. The second-order valence-corrected chi connectivity index (χ2v) is 9.08. The van der Waals surface area contributed by atoms with Gasteiger partial charge in [0.05, 0.1) is 11.7 Å². The predicted octanol–water partition coefficient (Wildman–Crippen LogP) is 8.62. The molecule has 0 aromatic rings. The van der Waals surface area contributed by atoms with Crippen LogP contribution in [0.2, 0.25) is 0 Å². The lowest BCUT2D eigenvalue weighted by atomic mass is 9.81. The fraction of sp³-hybridized carbons (Fsp3) is 0.281. The predicted molar refractivity (Wildman–Crippen MR) is 149 cm³/mol. The summed E-state index contributed by atoms with van der Waals surface area (Å²) in [5.41, 5.74) is 10.6. The minimum atomic E-state index is 0.0556. The first-order valence-corrected chi connectivity index (χ1v) is 12.1. The maximum atomic E-state index is 5.12. The fourth-order valence-corrected chi connectivity index (χ4v) is 4.80. The lowest BCUT2D eigenvalue weighted by Crippen LogP contribution is -2.44. The second kappa shape index (κ2) is 11.2. The summed E-state index contributed by atoms with van der Waals surface area (Å²) < 4.78 is 0. The molecule has 1 unspecified atom stereocenters. The van der Waals surface area contributed by atoms with Gasteiger partial charge in [-0.15, -0.1) is 0 Å². The molecule has 0 aromatic carbocycles. The number of hydrogen-bond donors (Lipinski definition) is 0. The number of amidine groups is 1. The Hall–Kier alpha value is -3.39. The third-order valence-corrected chi connectivity index (χ3v) is 6.62. The molecule has 2 aliphatic carbocycles. The topological polar surface area (TPSA) is 15.6 Å². The van der Waals surface area contributed by atoms with E-state index in [-0.39, 0.29) is 6.04 Å². The maximum absolute atomic E-state index is 5.12. The van der Waals surface area contributed by atoms with E-state index in [0.29, 0.717) is 0 Å². The van der Waals surface area contributed by atoms with Crippen LogP contribution in [-0.2, 0) is 0 Å². The summed E-state index contributed by atoms with van der Waals surface area (Å²) in [5.74, 6) is 0.949. The normalized spacial score (nSPS) is 21.7. The third-order valence-electron chi connectivity index (χ3n) is 6.62. The van der Waals surface area contributed by atoms with Gasteiger partial charge in [-0.3, -0.25) is 0 Å². The van der Waals surface area contributed by atoms with E-state index >= 15 is 0 Å². The summed E-state index contributed by atoms with van der Waals surface area (Å²) in [4.78, 5) is 7.44. The number of rotatable bonds is 7. The largest absolute Gasteiger partial charge is 0.319 e. The van der Waals surface area contributed by atoms with Gasteiger partial charge >= 0.3 is 0 Å². The number of allylic oxidation sites excluding steroid dienone is 13. The molecule has 2 heteroatoms. The van der Waals surface area contributed by atoms with Crippen molar-refractivity contribution in [3.63, 3.8) is 0 Å². The Morgan fingerprint density at radius 2 is 1.85 bits per heavy atom. The molecular formula is C32H38N2. The molecule has 1 aliphatic heterocycles. The molecule has 0 radical (unpaired) electrons. The molecule has 0 fully saturated rings. The van der Waals surface area contributed by atoms with Crippen molar-refractivity contribution in [1.82, 2.24) is 4.90 Å². The second-order valence-electron chi connectivity index (χ2n) is 9.08. The fourth-order valence-electron chi connectivity index (χ4n) is 4.80. The van der Waals surface area contributed by atoms with Crippen LogP contribution < -0.4 is 0 Å². The number of aliphatic imine (C=N–C) groups is 1. The van der Waals surface area contributed by atoms with Gasteiger partial charge in [0.2, 0.25) is 0 Å². The van der Waals surface area contributed by atoms with Crippen LogP contribution in [0, 0.1) is 0 Å². The van der Waals surface area contributed by atoms with E-state index in [4.69, 9.17) is 4.99 Å². The highest BCUT2D eigenvalue weighted by atomic mass is 15.2. The van der Waals surface area contributed by atoms with Crippen molar-refractivity contribution >= 4 is 5.84 Å². The lowest BCUT2D eigenvalue weighted by Gasteiger charge is -2.42. The third kappa shape index (κ3) is 5.22. The van der Waals surface area contributed by atoms with Gasteiger partial charge in [0.1, 0.15) is 5.84 Å². The summed E-state index contributed by atoms with van der Waals surface area (Å²) >= 11 is 0. The van der Waals surface area contributed by atoms with E-state index in [1.54, 1.807) is 0 Å². The first kappa shape index (κ1) is 25.2. The van der Waals surface area contributed by atoms with Gasteiger partial charge in [0.25, 0.3) is 0 Å². The Morgan fingerprint density at radius 3 is 2.53 bits per heavy atom. The van der Waals surface area contributed by atoms with Crippen LogP contribution in [0.5, 0.6) is 0 Å². The van der Waals surface area contributed by atoms with E-state index in [9.17, 15) is 0 Å². The molecule has 0 saturated carbocycles. The monoisotopic (exact) mass is 450 g/mol. The van der Waals surface area contributed by atoms with Crippen molar-refractivity contribution in [2.75, 3.05) is 0 Å². The molecule has 0 N–H and O–H groups in total. The Bertz CT molecular complexity index is 1170. The SMILES string of the molecule is C=CC1=C(C=C)C2=C(CC1)C(C1=CCC=C(C)C=C1)N(C(=C)/C(C)=C/C(C)=C/C=C\C)C(C)=N2. The zero-order valence-corrected chi connectivity index (χ0v) is 21.5. The molecule has 0 spiro atoms. The summed E-state index contributed by atoms with van der Waals surface area (Å²) in [6, 6.07) is 0.0556. The average Bonchev–Trinajstić information content (AvgIpc) is 3.04. The van der Waals surface area contributed by atoms with E-state index in [1.165, 1.54) is 27.9 Å². The highest BCUT2D eigenvalue weighted by molar-refractivity contribution is 5.87. The van der Waals surface area contributed by atoms with Gasteiger partial charge in [-0.1, -0.05) is 91.6 Å². The zero-order chi connectivity index (χ0) is 24.8. The summed E-state index contributed by atoms with van der Waals surface area (Å²) in [7, 11) is 0. The Labute approximate surface area is 206 Å². The molecule has 0 bridgehead atoms. The number of nitrogens with zero attached hydrogens (tertiary/aromatic N) is 2. The Balaban J connectivity index is 2.16. The van der Waals surface area contributed by atoms with Crippen LogP contribution in [0.15, 0.2) is 136 Å². The maximum Gasteiger partial charge on any atom is 0.107 e. The Kier molecular flexibility index (Phi) is 8.28. The van der Waals surface area contributed by atoms with E-state index in [1.807, 2.05) is 25.2 Å². The van der Waals surface area contributed by atoms with E-state index in [2.05, 4.69) is 94.9 Å². The van der Waals surface area contributed by atoms with Gasteiger partial charge in [0.15, 0.2) is 0 Å². The molecule has 176 valence electrons. The molecule has 1 heterocycles. The van der Waals surface area contributed by atoms with Crippen molar-refractivity contribution in [1.29, 1.82) is 0 Å². The smallest absolute Gasteiger partial charge is 0.107 e. The van der Waals surface area contributed by atoms with Crippen molar-refractivity contribution in [3.8, 4) is 0 Å². The van der Waals surface area contributed by atoms with Crippen LogP contribution in [0.1, 0.15) is 53.9 Å². The molecular weight excluding hydrogens is 412 g/mol. The van der Waals surface area contributed by atoms with Crippen molar-refractivity contribution in [3.05, 3.63) is 131 Å². The van der Waals surface area contributed by atoms with Crippen LogP contribution >= 0.6 is 0 Å². The van der Waals surface area contributed by atoms with E-state index in [0.717, 1.165) is 47.6 Å². The van der Waals surface area contributed by atoms with Crippen molar-refractivity contribution in [2.24, 2.45) is 4.99 Å². The van der Waals surface area contributed by atoms with Crippen LogP contribution in [-0.4, -0.2) is 16.8 Å². The van der Waals surface area contributed by atoms with Crippen molar-refractivity contribution < 1.29 is 0 Å². The first-order chi connectivity index (χ1) is 16.3. The summed E-state index contributed by atoms with van der Waals surface area (Å²) in [6.07, 6.45) is 24.2. The lowest BCUT2D eigenvalue weighted by molar-refractivity contribution is 0.445. The van der Waals surface area contributed by atoms with E-state index < -0.39 is 0 Å². The van der Waals surface area contributed by atoms with Gasteiger partial charge in [-0.05, 0) is 76.2 Å². The standard InChI is InChI=1S/C32H38N2/c1-9-12-14-23(5)21-24(6)25(7)34-26(8)33-31-29(11-3)27(10-2)19-20-30(31)32(34)28-16-13-15-22(4)17-18-28/h9-12,14-18,21,32H,2-3,7,13,19-20H2,1,4-6,8H3/b12-9-,23-14+,24-21+. The van der Waals surface area contributed by atoms with Gasteiger partial charge in [-0.2, -0.15) is 0 Å².